The maximum atomic E-state index is 11.4. The number of unbranched alkanes of at least 4 members (excludes halogenated alkanes) is 3. The highest BCUT2D eigenvalue weighted by Crippen LogP contribution is 2.18. The molecule has 5 nitrogen and oxygen atoms in total. The van der Waals surface area contributed by atoms with E-state index in [1.165, 1.54) is 19.3 Å². The summed E-state index contributed by atoms with van der Waals surface area (Å²) < 4.78 is 0. The van der Waals surface area contributed by atoms with Crippen LogP contribution in [0, 0.1) is 0 Å². The number of halogens is 1. The second-order valence-corrected chi connectivity index (χ2v) is 5.20. The van der Waals surface area contributed by atoms with E-state index in [1.54, 1.807) is 0 Å². The lowest BCUT2D eigenvalue weighted by Crippen LogP contribution is -2.32. The van der Waals surface area contributed by atoms with Gasteiger partial charge in [-0.2, -0.15) is 0 Å². The minimum Gasteiger partial charge on any atom is -0.370 e. The van der Waals surface area contributed by atoms with Crippen molar-refractivity contribution in [3.05, 3.63) is 0 Å². The highest BCUT2D eigenvalue weighted by molar-refractivity contribution is 14.0. The Labute approximate surface area is 139 Å². The van der Waals surface area contributed by atoms with E-state index in [-0.39, 0.29) is 29.9 Å². The summed E-state index contributed by atoms with van der Waals surface area (Å²) in [6, 6.07) is 0.450. The van der Waals surface area contributed by atoms with Gasteiger partial charge in [-0.15, -0.1) is 24.0 Å². The van der Waals surface area contributed by atoms with Crippen LogP contribution in [0.4, 0.5) is 0 Å². The Kier molecular flexibility index (Phi) is 11.9. The predicted octanol–water partition coefficient (Wildman–Crippen LogP) is 2.15. The van der Waals surface area contributed by atoms with E-state index in [4.69, 9.17) is 5.73 Å². The fourth-order valence-electron chi connectivity index (χ4n) is 1.79. The van der Waals surface area contributed by atoms with E-state index >= 15 is 0 Å². The fraction of sp³-hybridized carbons (Fsp3) is 0.857. The van der Waals surface area contributed by atoms with Crippen molar-refractivity contribution in [2.75, 3.05) is 13.1 Å². The summed E-state index contributed by atoms with van der Waals surface area (Å²) in [7, 11) is 0. The van der Waals surface area contributed by atoms with Gasteiger partial charge in [0.2, 0.25) is 5.91 Å². The Bertz CT molecular complexity index is 293. The van der Waals surface area contributed by atoms with Gasteiger partial charge in [-0.25, -0.2) is 0 Å². The number of nitrogens with one attached hydrogen (secondary N) is 2. The number of rotatable bonds is 10. The third-order valence-corrected chi connectivity index (χ3v) is 3.12. The minimum absolute atomic E-state index is 0. The summed E-state index contributed by atoms with van der Waals surface area (Å²) >= 11 is 0. The Morgan fingerprint density at radius 3 is 2.65 bits per heavy atom. The molecular formula is C14H29IN4O. The average Bonchev–Trinajstić information content (AvgIpc) is 3.18. The second kappa shape index (κ2) is 12.2. The third-order valence-electron chi connectivity index (χ3n) is 3.12. The van der Waals surface area contributed by atoms with E-state index in [0.717, 1.165) is 32.2 Å². The van der Waals surface area contributed by atoms with Crippen molar-refractivity contribution in [2.24, 2.45) is 10.7 Å². The quantitative estimate of drug-likeness (QED) is 0.229. The molecule has 1 amide bonds. The number of aliphatic imine (C=N–C) groups is 1. The van der Waals surface area contributed by atoms with Gasteiger partial charge in [-0.1, -0.05) is 26.2 Å². The molecule has 0 heterocycles. The molecule has 0 atom stereocenters. The van der Waals surface area contributed by atoms with Crippen LogP contribution in [-0.4, -0.2) is 31.0 Å². The van der Waals surface area contributed by atoms with E-state index < -0.39 is 0 Å². The number of hydrogen-bond donors (Lipinski definition) is 3. The molecule has 0 aromatic carbocycles. The van der Waals surface area contributed by atoms with Gasteiger partial charge in [-0.3, -0.25) is 9.79 Å². The lowest BCUT2D eigenvalue weighted by atomic mass is 10.2. The monoisotopic (exact) mass is 396 g/mol. The number of carbonyl (C=O) groups is 1. The van der Waals surface area contributed by atoms with Crippen molar-refractivity contribution in [1.29, 1.82) is 0 Å². The molecule has 1 fully saturated rings. The maximum Gasteiger partial charge on any atom is 0.220 e. The van der Waals surface area contributed by atoms with Crippen molar-refractivity contribution in [3.8, 4) is 0 Å². The summed E-state index contributed by atoms with van der Waals surface area (Å²) in [6.07, 6.45) is 8.46. The first-order valence-corrected chi connectivity index (χ1v) is 7.55. The van der Waals surface area contributed by atoms with Gasteiger partial charge in [0.05, 0.1) is 0 Å². The molecule has 6 heteroatoms. The van der Waals surface area contributed by atoms with E-state index in [2.05, 4.69) is 22.5 Å². The van der Waals surface area contributed by atoms with Crippen LogP contribution < -0.4 is 16.4 Å². The Morgan fingerprint density at radius 1 is 1.25 bits per heavy atom. The Morgan fingerprint density at radius 2 is 2.00 bits per heavy atom. The van der Waals surface area contributed by atoms with Crippen LogP contribution in [0.15, 0.2) is 4.99 Å². The topological polar surface area (TPSA) is 79.5 Å². The van der Waals surface area contributed by atoms with Gasteiger partial charge in [0.25, 0.3) is 0 Å². The number of hydrogen-bond acceptors (Lipinski definition) is 2. The molecule has 0 aliphatic heterocycles. The molecule has 118 valence electrons. The van der Waals surface area contributed by atoms with Crippen molar-refractivity contribution >= 4 is 35.8 Å². The summed E-state index contributed by atoms with van der Waals surface area (Å²) in [5.74, 6) is 0.642. The SMILES string of the molecule is CCCCCCNC(N)=NCCCC(=O)NC1CC1.I. The van der Waals surface area contributed by atoms with Gasteiger partial charge < -0.3 is 16.4 Å². The molecule has 0 spiro atoms. The van der Waals surface area contributed by atoms with Crippen LogP contribution in [0.2, 0.25) is 0 Å². The average molecular weight is 396 g/mol. The molecule has 1 saturated carbocycles. The molecule has 0 aromatic rings. The first kappa shape index (κ1) is 19.5. The smallest absolute Gasteiger partial charge is 0.220 e. The van der Waals surface area contributed by atoms with Crippen molar-refractivity contribution < 1.29 is 4.79 Å². The largest absolute Gasteiger partial charge is 0.370 e. The molecule has 0 unspecified atom stereocenters. The van der Waals surface area contributed by atoms with Gasteiger partial charge in [0.15, 0.2) is 5.96 Å². The molecule has 20 heavy (non-hydrogen) atoms. The highest BCUT2D eigenvalue weighted by atomic mass is 127. The first-order chi connectivity index (χ1) is 9.22. The Balaban J connectivity index is 0.00000361. The molecule has 1 rings (SSSR count). The first-order valence-electron chi connectivity index (χ1n) is 7.55. The van der Waals surface area contributed by atoms with Gasteiger partial charge in [0.1, 0.15) is 0 Å². The fourth-order valence-corrected chi connectivity index (χ4v) is 1.79. The Hall–Kier alpha value is -0.530. The van der Waals surface area contributed by atoms with Crippen molar-refractivity contribution in [3.63, 3.8) is 0 Å². The standard InChI is InChI=1S/C14H28N4O.HI/c1-2-3-4-5-10-16-14(15)17-11-6-7-13(19)18-12-8-9-12;/h12H,2-11H2,1H3,(H,18,19)(H3,15,16,17);1H. The summed E-state index contributed by atoms with van der Waals surface area (Å²) in [5, 5.41) is 6.06. The number of nitrogens with two attached hydrogens (primary N) is 1. The molecule has 0 radical (unpaired) electrons. The molecule has 0 bridgehead atoms. The maximum absolute atomic E-state index is 11.4. The summed E-state index contributed by atoms with van der Waals surface area (Å²) in [4.78, 5) is 15.6. The van der Waals surface area contributed by atoms with Crippen molar-refractivity contribution in [2.45, 2.75) is 64.3 Å². The predicted molar refractivity (Wildman–Crippen MR) is 94.4 cm³/mol. The second-order valence-electron chi connectivity index (χ2n) is 5.20. The zero-order valence-electron chi connectivity index (χ0n) is 12.5. The number of nitrogens with zero attached hydrogens (tertiary/aromatic N) is 1. The number of amides is 1. The molecule has 4 N–H and O–H groups in total. The third kappa shape index (κ3) is 11.3. The van der Waals surface area contributed by atoms with Crippen molar-refractivity contribution in [1.82, 2.24) is 10.6 Å². The van der Waals surface area contributed by atoms with Crippen LogP contribution in [0.1, 0.15) is 58.3 Å². The van der Waals surface area contributed by atoms with Gasteiger partial charge in [0, 0.05) is 25.6 Å². The summed E-state index contributed by atoms with van der Waals surface area (Å²) in [5.41, 5.74) is 5.73. The van der Waals surface area contributed by atoms with Crippen LogP contribution >= 0.6 is 24.0 Å². The van der Waals surface area contributed by atoms with Gasteiger partial charge >= 0.3 is 0 Å². The van der Waals surface area contributed by atoms with Crippen LogP contribution in [0.5, 0.6) is 0 Å². The lowest BCUT2D eigenvalue weighted by Gasteiger charge is -2.05. The van der Waals surface area contributed by atoms with Crippen LogP contribution in [0.25, 0.3) is 0 Å². The molecule has 0 aromatic heterocycles. The van der Waals surface area contributed by atoms with Crippen LogP contribution in [-0.2, 0) is 4.79 Å². The van der Waals surface area contributed by atoms with E-state index in [9.17, 15) is 4.79 Å². The van der Waals surface area contributed by atoms with Crippen LogP contribution in [0.3, 0.4) is 0 Å². The molecule has 1 aliphatic rings. The zero-order valence-corrected chi connectivity index (χ0v) is 14.8. The summed E-state index contributed by atoms with van der Waals surface area (Å²) in [6.45, 7) is 3.70. The van der Waals surface area contributed by atoms with E-state index in [1.807, 2.05) is 0 Å². The molecule has 0 saturated heterocycles. The lowest BCUT2D eigenvalue weighted by molar-refractivity contribution is -0.121. The van der Waals surface area contributed by atoms with E-state index in [0.29, 0.717) is 25.0 Å². The minimum atomic E-state index is 0. The zero-order chi connectivity index (χ0) is 13.9. The molecular weight excluding hydrogens is 367 g/mol. The number of carbonyl (C=O) groups excluding carboxylic acids is 1. The molecule has 1 aliphatic carbocycles. The number of guanidine groups is 1. The normalized spacial score (nSPS) is 14.6. The van der Waals surface area contributed by atoms with Gasteiger partial charge in [-0.05, 0) is 25.7 Å². The highest BCUT2D eigenvalue weighted by Gasteiger charge is 2.22.